The summed E-state index contributed by atoms with van der Waals surface area (Å²) in [5, 5.41) is 15.1. The van der Waals surface area contributed by atoms with Crippen molar-refractivity contribution in [2.75, 3.05) is 24.6 Å². The number of hydrogen-bond donors (Lipinski definition) is 2. The fourth-order valence-electron chi connectivity index (χ4n) is 1.27. The van der Waals surface area contributed by atoms with E-state index in [9.17, 15) is 4.79 Å². The molecule has 1 unspecified atom stereocenters. The Labute approximate surface area is 109 Å². The van der Waals surface area contributed by atoms with Crippen LogP contribution in [0.2, 0.25) is 0 Å². The number of rotatable bonds is 9. The molecule has 1 atom stereocenters. The molecule has 0 aliphatic heterocycles. The molecule has 98 valence electrons. The van der Waals surface area contributed by atoms with Crippen LogP contribution in [0.1, 0.15) is 33.6 Å². The Morgan fingerprint density at radius 3 is 2.71 bits per heavy atom. The van der Waals surface area contributed by atoms with E-state index in [1.807, 2.05) is 13.8 Å². The molecule has 1 amide bonds. The highest BCUT2D eigenvalue weighted by Crippen LogP contribution is 2.13. The van der Waals surface area contributed by atoms with Crippen LogP contribution >= 0.6 is 11.8 Å². The lowest BCUT2D eigenvalue weighted by atomic mass is 10.0. The number of nitriles is 1. The zero-order valence-electron chi connectivity index (χ0n) is 11.0. The van der Waals surface area contributed by atoms with E-state index in [1.54, 1.807) is 11.8 Å². The van der Waals surface area contributed by atoms with Gasteiger partial charge in [-0.25, -0.2) is 0 Å². The summed E-state index contributed by atoms with van der Waals surface area (Å²) in [7, 11) is 0. The van der Waals surface area contributed by atoms with E-state index in [0.29, 0.717) is 12.3 Å². The third-order valence-electron chi connectivity index (χ3n) is 2.37. The van der Waals surface area contributed by atoms with Crippen molar-refractivity contribution in [3.63, 3.8) is 0 Å². The van der Waals surface area contributed by atoms with Crippen LogP contribution < -0.4 is 10.6 Å². The van der Waals surface area contributed by atoms with Crippen molar-refractivity contribution in [3.8, 4) is 6.07 Å². The molecule has 0 aromatic rings. The zero-order chi connectivity index (χ0) is 13.1. The molecule has 0 aliphatic rings. The topological polar surface area (TPSA) is 64.9 Å². The van der Waals surface area contributed by atoms with Crippen LogP contribution in [-0.2, 0) is 4.79 Å². The second-order valence-electron chi connectivity index (χ2n) is 4.13. The average molecular weight is 257 g/mol. The molecule has 0 saturated carbocycles. The molecule has 0 bridgehead atoms. The van der Waals surface area contributed by atoms with Gasteiger partial charge in [0, 0.05) is 6.54 Å². The summed E-state index contributed by atoms with van der Waals surface area (Å²) in [5.74, 6) is 1.36. The zero-order valence-corrected chi connectivity index (χ0v) is 11.8. The van der Waals surface area contributed by atoms with Crippen LogP contribution in [0.3, 0.4) is 0 Å². The SMILES string of the molecule is CCCNC(C)(C#N)CCSCC(=O)NCC. The first-order chi connectivity index (χ1) is 8.08. The Balaban J connectivity index is 3.77. The van der Waals surface area contributed by atoms with Crippen molar-refractivity contribution in [3.05, 3.63) is 0 Å². The number of nitrogens with zero attached hydrogens (tertiary/aromatic N) is 1. The lowest BCUT2D eigenvalue weighted by molar-refractivity contribution is -0.118. The summed E-state index contributed by atoms with van der Waals surface area (Å²) in [6, 6.07) is 2.30. The minimum Gasteiger partial charge on any atom is -0.356 e. The Bertz CT molecular complexity index is 265. The van der Waals surface area contributed by atoms with Crippen molar-refractivity contribution in [1.82, 2.24) is 10.6 Å². The van der Waals surface area contributed by atoms with E-state index in [2.05, 4.69) is 23.6 Å². The van der Waals surface area contributed by atoms with Crippen molar-refractivity contribution in [1.29, 1.82) is 5.26 Å². The lowest BCUT2D eigenvalue weighted by Crippen LogP contribution is -2.41. The largest absolute Gasteiger partial charge is 0.356 e. The highest BCUT2D eigenvalue weighted by Gasteiger charge is 2.21. The average Bonchev–Trinajstić information content (AvgIpc) is 2.32. The van der Waals surface area contributed by atoms with Gasteiger partial charge < -0.3 is 5.32 Å². The van der Waals surface area contributed by atoms with E-state index in [-0.39, 0.29) is 5.91 Å². The first-order valence-corrected chi connectivity index (χ1v) is 7.24. The Hall–Kier alpha value is -0.730. The minimum absolute atomic E-state index is 0.0673. The Morgan fingerprint density at radius 2 is 2.18 bits per heavy atom. The normalized spacial score (nSPS) is 13.8. The Morgan fingerprint density at radius 1 is 1.47 bits per heavy atom. The van der Waals surface area contributed by atoms with Crippen molar-refractivity contribution >= 4 is 17.7 Å². The summed E-state index contributed by atoms with van der Waals surface area (Å²) < 4.78 is 0. The van der Waals surface area contributed by atoms with E-state index >= 15 is 0 Å². The van der Waals surface area contributed by atoms with Gasteiger partial charge in [0.2, 0.25) is 5.91 Å². The quantitative estimate of drug-likeness (QED) is 0.615. The Kier molecular flexibility index (Phi) is 8.92. The van der Waals surface area contributed by atoms with Crippen LogP contribution in [0.15, 0.2) is 0 Å². The summed E-state index contributed by atoms with van der Waals surface area (Å²) in [6.45, 7) is 7.42. The van der Waals surface area contributed by atoms with E-state index in [4.69, 9.17) is 5.26 Å². The van der Waals surface area contributed by atoms with Gasteiger partial charge >= 0.3 is 0 Å². The minimum atomic E-state index is -0.468. The first kappa shape index (κ1) is 16.3. The van der Waals surface area contributed by atoms with Crippen molar-refractivity contribution in [2.24, 2.45) is 0 Å². The molecule has 0 heterocycles. The molecular weight excluding hydrogens is 234 g/mol. The number of hydrogen-bond acceptors (Lipinski definition) is 4. The predicted octanol–water partition coefficient (Wildman–Crippen LogP) is 1.53. The molecule has 4 nitrogen and oxygen atoms in total. The molecule has 0 aromatic heterocycles. The highest BCUT2D eigenvalue weighted by molar-refractivity contribution is 7.99. The lowest BCUT2D eigenvalue weighted by Gasteiger charge is -2.22. The van der Waals surface area contributed by atoms with Crippen molar-refractivity contribution < 1.29 is 4.79 Å². The summed E-state index contributed by atoms with van der Waals surface area (Å²) in [5.41, 5.74) is -0.468. The van der Waals surface area contributed by atoms with Crippen LogP contribution in [0, 0.1) is 11.3 Å². The molecule has 0 rings (SSSR count). The van der Waals surface area contributed by atoms with Gasteiger partial charge in [-0.3, -0.25) is 10.1 Å². The molecule has 0 saturated heterocycles. The monoisotopic (exact) mass is 257 g/mol. The molecular formula is C12H23N3OS. The molecule has 2 N–H and O–H groups in total. The number of amides is 1. The predicted molar refractivity (Wildman–Crippen MR) is 72.9 cm³/mol. The van der Waals surface area contributed by atoms with Gasteiger partial charge in [0.25, 0.3) is 0 Å². The second-order valence-corrected chi connectivity index (χ2v) is 5.23. The van der Waals surface area contributed by atoms with E-state index in [1.165, 1.54) is 0 Å². The van der Waals surface area contributed by atoms with Gasteiger partial charge in [0.1, 0.15) is 5.54 Å². The molecule has 0 aromatic carbocycles. The molecule has 0 fully saturated rings. The van der Waals surface area contributed by atoms with Gasteiger partial charge in [0.15, 0.2) is 0 Å². The summed E-state index contributed by atoms with van der Waals surface area (Å²) >= 11 is 1.57. The summed E-state index contributed by atoms with van der Waals surface area (Å²) in [4.78, 5) is 11.2. The van der Waals surface area contributed by atoms with Gasteiger partial charge in [-0.2, -0.15) is 17.0 Å². The number of carbonyl (C=O) groups excluding carboxylic acids is 1. The van der Waals surface area contributed by atoms with Gasteiger partial charge in [-0.1, -0.05) is 6.92 Å². The van der Waals surface area contributed by atoms with Crippen LogP contribution in [0.4, 0.5) is 0 Å². The number of thioether (sulfide) groups is 1. The van der Waals surface area contributed by atoms with Gasteiger partial charge in [0.05, 0.1) is 11.8 Å². The van der Waals surface area contributed by atoms with Crippen LogP contribution in [0.5, 0.6) is 0 Å². The molecule has 0 radical (unpaired) electrons. The van der Waals surface area contributed by atoms with Gasteiger partial charge in [-0.15, -0.1) is 0 Å². The molecule has 5 heteroatoms. The highest BCUT2D eigenvalue weighted by atomic mass is 32.2. The molecule has 0 aliphatic carbocycles. The molecule has 17 heavy (non-hydrogen) atoms. The maximum absolute atomic E-state index is 11.2. The third-order valence-corrected chi connectivity index (χ3v) is 3.32. The number of nitrogens with one attached hydrogen (secondary N) is 2. The van der Waals surface area contributed by atoms with Crippen molar-refractivity contribution in [2.45, 2.75) is 39.2 Å². The van der Waals surface area contributed by atoms with Crippen LogP contribution in [0.25, 0.3) is 0 Å². The van der Waals surface area contributed by atoms with Crippen LogP contribution in [-0.4, -0.2) is 36.0 Å². The summed E-state index contributed by atoms with van der Waals surface area (Å²) in [6.07, 6.45) is 1.77. The first-order valence-electron chi connectivity index (χ1n) is 6.08. The smallest absolute Gasteiger partial charge is 0.229 e. The second kappa shape index (κ2) is 9.32. The fourth-order valence-corrected chi connectivity index (χ4v) is 2.26. The van der Waals surface area contributed by atoms with E-state index < -0.39 is 5.54 Å². The maximum Gasteiger partial charge on any atom is 0.229 e. The van der Waals surface area contributed by atoms with E-state index in [0.717, 1.165) is 25.1 Å². The molecule has 0 spiro atoms. The fraction of sp³-hybridized carbons (Fsp3) is 0.833. The number of carbonyl (C=O) groups is 1. The third kappa shape index (κ3) is 8.06. The standard InChI is InChI=1S/C12H23N3OS/c1-4-7-15-12(3,10-13)6-8-17-9-11(16)14-5-2/h15H,4-9H2,1-3H3,(H,14,16). The maximum atomic E-state index is 11.2. The van der Waals surface area contributed by atoms with Gasteiger partial charge in [-0.05, 0) is 39.0 Å².